The maximum atomic E-state index is 2.39. The summed E-state index contributed by atoms with van der Waals surface area (Å²) in [6.07, 6.45) is 2.02. The number of rotatable bonds is 1. The summed E-state index contributed by atoms with van der Waals surface area (Å²) in [5, 5.41) is 2.94. The molecule has 2 aliphatic carbocycles. The fourth-order valence-corrected chi connectivity index (χ4v) is 6.17. The Bertz CT molecular complexity index is 1610. The highest BCUT2D eigenvalue weighted by atomic mass is 14.3. The molecule has 0 spiro atoms. The Hall–Kier alpha value is -3.64. The van der Waals surface area contributed by atoms with Crippen LogP contribution in [0.25, 0.3) is 44.2 Å². The van der Waals surface area contributed by atoms with Gasteiger partial charge in [0.25, 0.3) is 0 Å². The van der Waals surface area contributed by atoms with E-state index in [0.29, 0.717) is 0 Å². The molecule has 0 heterocycles. The van der Waals surface area contributed by atoms with Gasteiger partial charge in [-0.15, -0.1) is 0 Å². The number of hydrogen-bond acceptors (Lipinski definition) is 0. The highest BCUT2D eigenvalue weighted by Gasteiger charge is 2.26. The molecule has 0 amide bonds. The first-order valence-electron chi connectivity index (χ1n) is 12.4. The minimum atomic E-state index is 0.163. The third-order valence-electron chi connectivity index (χ3n) is 7.88. The van der Waals surface area contributed by atoms with Crippen molar-refractivity contribution in [2.24, 2.45) is 0 Å². The van der Waals surface area contributed by atoms with Gasteiger partial charge in [0.1, 0.15) is 0 Å². The molecule has 34 heavy (non-hydrogen) atoms. The Kier molecular flexibility index (Phi) is 4.04. The fourth-order valence-electron chi connectivity index (χ4n) is 6.17. The normalized spacial score (nSPS) is 13.5. The average molecular weight is 437 g/mol. The van der Waals surface area contributed by atoms with Crippen molar-refractivity contribution in [3.8, 4) is 33.4 Å². The molecule has 0 atom stereocenters. The van der Waals surface area contributed by atoms with E-state index in [4.69, 9.17) is 0 Å². The van der Waals surface area contributed by atoms with Crippen LogP contribution in [0.2, 0.25) is 0 Å². The number of benzene rings is 5. The first-order valence-corrected chi connectivity index (χ1v) is 12.4. The van der Waals surface area contributed by atoms with E-state index >= 15 is 0 Å². The maximum absolute atomic E-state index is 2.39. The summed E-state index contributed by atoms with van der Waals surface area (Å²) in [5.74, 6) is 0. The molecule has 0 radical (unpaired) electrons. The molecule has 0 aromatic heterocycles. The molecule has 0 nitrogen and oxygen atoms in total. The lowest BCUT2D eigenvalue weighted by Crippen LogP contribution is -2.10. The molecule has 0 saturated carbocycles. The molecule has 7 rings (SSSR count). The predicted octanol–water partition coefficient (Wildman–Crippen LogP) is 8.95. The highest BCUT2D eigenvalue weighted by molar-refractivity contribution is 6.13. The Morgan fingerprint density at radius 2 is 1.09 bits per heavy atom. The van der Waals surface area contributed by atoms with Crippen LogP contribution in [0.15, 0.2) is 91.0 Å². The van der Waals surface area contributed by atoms with Crippen molar-refractivity contribution in [2.45, 2.75) is 39.0 Å². The Morgan fingerprint density at radius 1 is 0.471 bits per heavy atom. The molecule has 0 fully saturated rings. The molecule has 0 unspecified atom stereocenters. The third kappa shape index (κ3) is 2.78. The van der Waals surface area contributed by atoms with E-state index in [1.807, 2.05) is 0 Å². The van der Waals surface area contributed by atoms with Gasteiger partial charge in [0.15, 0.2) is 0 Å². The minimum Gasteiger partial charge on any atom is -0.0619 e. The first-order chi connectivity index (χ1) is 16.5. The van der Waals surface area contributed by atoms with Gasteiger partial charge >= 0.3 is 0 Å². The van der Waals surface area contributed by atoms with Gasteiger partial charge in [-0.3, -0.25) is 0 Å². The summed E-state index contributed by atoms with van der Waals surface area (Å²) in [5.41, 5.74) is 15.6. The van der Waals surface area contributed by atoms with E-state index in [0.717, 1.165) is 12.8 Å². The van der Waals surface area contributed by atoms with E-state index < -0.39 is 0 Å². The van der Waals surface area contributed by atoms with Gasteiger partial charge in [-0.2, -0.15) is 0 Å². The number of fused-ring (bicyclic) bond motifs is 4. The van der Waals surface area contributed by atoms with E-state index in [2.05, 4.69) is 112 Å². The Labute approximate surface area is 201 Å². The summed E-state index contributed by atoms with van der Waals surface area (Å²) in [4.78, 5) is 0. The zero-order chi connectivity index (χ0) is 23.0. The maximum Gasteiger partial charge on any atom is -0.00130 e. The standard InChI is InChI=1S/C34H28/c1-34(2,3)26-15-13-21(14-16-26)28-10-6-8-23-20-25-12-11-24-19-22-7-4-5-9-27(22)29-17-18-30(31(23)28)33(25)32(24)29/h4-18H,19-20H2,1-3H3. The summed E-state index contributed by atoms with van der Waals surface area (Å²) >= 11 is 0. The predicted molar refractivity (Wildman–Crippen MR) is 145 cm³/mol. The minimum absolute atomic E-state index is 0.163. The molecule has 5 aromatic carbocycles. The van der Waals surface area contributed by atoms with Crippen molar-refractivity contribution in [2.75, 3.05) is 0 Å². The smallest absolute Gasteiger partial charge is 0.00130 e. The van der Waals surface area contributed by atoms with Crippen LogP contribution in [0.3, 0.4) is 0 Å². The van der Waals surface area contributed by atoms with Gasteiger partial charge in [0, 0.05) is 0 Å². The van der Waals surface area contributed by atoms with Gasteiger partial charge in [0.05, 0.1) is 0 Å². The molecule has 0 aliphatic heterocycles. The van der Waals surface area contributed by atoms with Crippen molar-refractivity contribution in [1.29, 1.82) is 0 Å². The molecule has 2 aliphatic rings. The van der Waals surface area contributed by atoms with Crippen LogP contribution in [-0.4, -0.2) is 0 Å². The highest BCUT2D eigenvalue weighted by Crippen LogP contribution is 2.49. The second-order valence-electron chi connectivity index (χ2n) is 11.0. The number of hydrogen-bond donors (Lipinski definition) is 0. The topological polar surface area (TPSA) is 0 Å². The lowest BCUT2D eigenvalue weighted by atomic mass is 9.75. The first kappa shape index (κ1) is 19.8. The van der Waals surface area contributed by atoms with Crippen LogP contribution < -0.4 is 0 Å². The van der Waals surface area contributed by atoms with Gasteiger partial charge < -0.3 is 0 Å². The van der Waals surface area contributed by atoms with Gasteiger partial charge in [-0.1, -0.05) is 112 Å². The summed E-state index contributed by atoms with van der Waals surface area (Å²) < 4.78 is 0. The SMILES string of the molecule is CC(C)(C)c1ccc(-c2cccc3c2-c2ccc4c5c(ccc(c25)C3)Cc2ccccc2-4)cc1. The fraction of sp³-hybridized carbons (Fsp3) is 0.176. The summed E-state index contributed by atoms with van der Waals surface area (Å²) in [6.45, 7) is 6.84. The lowest BCUT2D eigenvalue weighted by Gasteiger charge is -2.28. The van der Waals surface area contributed by atoms with Crippen molar-refractivity contribution >= 4 is 10.8 Å². The Balaban J connectivity index is 1.49. The van der Waals surface area contributed by atoms with Crippen LogP contribution in [0.5, 0.6) is 0 Å². The second-order valence-corrected chi connectivity index (χ2v) is 11.0. The van der Waals surface area contributed by atoms with Crippen molar-refractivity contribution in [1.82, 2.24) is 0 Å². The van der Waals surface area contributed by atoms with Crippen LogP contribution in [0.1, 0.15) is 48.6 Å². The second kappa shape index (κ2) is 6.93. The molecule has 0 N–H and O–H groups in total. The summed E-state index contributed by atoms with van der Waals surface area (Å²) in [6, 6.07) is 34.5. The van der Waals surface area contributed by atoms with Gasteiger partial charge in [-0.05, 0) is 90.2 Å². The third-order valence-corrected chi connectivity index (χ3v) is 7.88. The monoisotopic (exact) mass is 436 g/mol. The van der Waals surface area contributed by atoms with Crippen LogP contribution >= 0.6 is 0 Å². The zero-order valence-corrected chi connectivity index (χ0v) is 20.1. The molecule has 164 valence electrons. The lowest BCUT2D eigenvalue weighted by molar-refractivity contribution is 0.590. The Morgan fingerprint density at radius 3 is 1.85 bits per heavy atom. The van der Waals surface area contributed by atoms with Crippen LogP contribution in [-0.2, 0) is 18.3 Å². The summed E-state index contributed by atoms with van der Waals surface area (Å²) in [7, 11) is 0. The quantitative estimate of drug-likeness (QED) is 0.241. The van der Waals surface area contributed by atoms with Gasteiger partial charge in [-0.25, -0.2) is 0 Å². The largest absolute Gasteiger partial charge is 0.0619 e. The average Bonchev–Trinajstić information content (AvgIpc) is 2.85. The van der Waals surface area contributed by atoms with Crippen molar-refractivity contribution < 1.29 is 0 Å². The van der Waals surface area contributed by atoms with E-state index in [1.54, 1.807) is 0 Å². The molecule has 0 heteroatoms. The van der Waals surface area contributed by atoms with E-state index in [1.165, 1.54) is 72.0 Å². The molecular formula is C34H28. The van der Waals surface area contributed by atoms with Crippen LogP contribution in [0.4, 0.5) is 0 Å². The zero-order valence-electron chi connectivity index (χ0n) is 20.1. The van der Waals surface area contributed by atoms with E-state index in [9.17, 15) is 0 Å². The van der Waals surface area contributed by atoms with Crippen molar-refractivity contribution in [3.63, 3.8) is 0 Å². The molecule has 0 saturated heterocycles. The van der Waals surface area contributed by atoms with E-state index in [-0.39, 0.29) is 5.41 Å². The van der Waals surface area contributed by atoms with Gasteiger partial charge in [0.2, 0.25) is 0 Å². The van der Waals surface area contributed by atoms with Crippen molar-refractivity contribution in [3.05, 3.63) is 119 Å². The van der Waals surface area contributed by atoms with Crippen LogP contribution in [0, 0.1) is 0 Å². The molecular weight excluding hydrogens is 408 g/mol. The molecule has 0 bridgehead atoms. The molecule has 5 aromatic rings.